The molecule has 6 heteroatoms. The summed E-state index contributed by atoms with van der Waals surface area (Å²) >= 11 is 0. The van der Waals surface area contributed by atoms with Crippen LogP contribution in [0.2, 0.25) is 0 Å². The molecule has 2 atom stereocenters. The molecule has 3 rings (SSSR count). The van der Waals surface area contributed by atoms with E-state index in [4.69, 9.17) is 4.74 Å². The van der Waals surface area contributed by atoms with E-state index in [1.807, 2.05) is 30.3 Å². The maximum atomic E-state index is 12.6. The number of methoxy groups -OCH3 is 1. The average Bonchev–Trinajstić information content (AvgIpc) is 3.28. The molecule has 1 spiro atoms. The largest absolute Gasteiger partial charge is 0.467 e. The highest BCUT2D eigenvalue weighted by Crippen LogP contribution is 2.58. The quantitative estimate of drug-likeness (QED) is 0.791. The van der Waals surface area contributed by atoms with E-state index in [-0.39, 0.29) is 35.6 Å². The van der Waals surface area contributed by atoms with Crippen LogP contribution in [-0.4, -0.2) is 38.1 Å². The van der Waals surface area contributed by atoms with Crippen LogP contribution in [0.25, 0.3) is 0 Å². The lowest BCUT2D eigenvalue weighted by atomic mass is 9.91. The first-order valence-corrected chi connectivity index (χ1v) is 8.27. The van der Waals surface area contributed by atoms with Crippen molar-refractivity contribution in [2.75, 3.05) is 20.2 Å². The summed E-state index contributed by atoms with van der Waals surface area (Å²) in [5.74, 6) is -0.340. The second kappa shape index (κ2) is 7.99. The molecule has 1 amide bonds. The van der Waals surface area contributed by atoms with Crippen LogP contribution in [-0.2, 0) is 20.7 Å². The number of rotatable bonds is 5. The van der Waals surface area contributed by atoms with E-state index in [0.29, 0.717) is 6.42 Å². The molecule has 1 saturated carbocycles. The van der Waals surface area contributed by atoms with Crippen molar-refractivity contribution in [1.29, 1.82) is 0 Å². The maximum Gasteiger partial charge on any atom is 0.328 e. The van der Waals surface area contributed by atoms with Gasteiger partial charge in [0.25, 0.3) is 0 Å². The van der Waals surface area contributed by atoms with Gasteiger partial charge < -0.3 is 15.4 Å². The number of ether oxygens (including phenoxy) is 1. The van der Waals surface area contributed by atoms with Gasteiger partial charge in [-0.15, -0.1) is 12.4 Å². The van der Waals surface area contributed by atoms with Gasteiger partial charge in [-0.3, -0.25) is 4.79 Å². The van der Waals surface area contributed by atoms with Gasteiger partial charge in [-0.2, -0.15) is 0 Å². The van der Waals surface area contributed by atoms with Crippen molar-refractivity contribution in [2.24, 2.45) is 11.3 Å². The van der Waals surface area contributed by atoms with Crippen molar-refractivity contribution in [3.63, 3.8) is 0 Å². The lowest BCUT2D eigenvalue weighted by molar-refractivity contribution is -0.145. The number of amides is 1. The zero-order valence-electron chi connectivity index (χ0n) is 13.9. The van der Waals surface area contributed by atoms with Crippen molar-refractivity contribution in [2.45, 2.75) is 31.7 Å². The Morgan fingerprint density at radius 3 is 2.58 bits per heavy atom. The summed E-state index contributed by atoms with van der Waals surface area (Å²) in [7, 11) is 1.36. The van der Waals surface area contributed by atoms with Crippen molar-refractivity contribution in [3.8, 4) is 0 Å². The Morgan fingerprint density at radius 2 is 1.96 bits per heavy atom. The SMILES string of the molecule is COC(=O)C(Cc1ccccc1)NC(=O)C1CC12CCNCC2.Cl. The van der Waals surface area contributed by atoms with Gasteiger partial charge >= 0.3 is 5.97 Å². The fourth-order valence-corrected chi connectivity index (χ4v) is 3.65. The smallest absolute Gasteiger partial charge is 0.328 e. The third-order valence-corrected chi connectivity index (χ3v) is 5.19. The lowest BCUT2D eigenvalue weighted by Crippen LogP contribution is -2.44. The highest BCUT2D eigenvalue weighted by molar-refractivity contribution is 5.88. The van der Waals surface area contributed by atoms with E-state index < -0.39 is 6.04 Å². The van der Waals surface area contributed by atoms with Gasteiger partial charge in [0, 0.05) is 12.3 Å². The van der Waals surface area contributed by atoms with Crippen molar-refractivity contribution >= 4 is 24.3 Å². The molecule has 2 N–H and O–H groups in total. The molecule has 0 bridgehead atoms. The minimum Gasteiger partial charge on any atom is -0.467 e. The van der Waals surface area contributed by atoms with E-state index in [1.165, 1.54) is 7.11 Å². The number of halogens is 1. The Bertz CT molecular complexity index is 573. The monoisotopic (exact) mass is 352 g/mol. The highest BCUT2D eigenvalue weighted by atomic mass is 35.5. The average molecular weight is 353 g/mol. The Balaban J connectivity index is 0.00000208. The Labute approximate surface area is 148 Å². The first-order valence-electron chi connectivity index (χ1n) is 8.27. The molecule has 1 aromatic carbocycles. The molecule has 5 nitrogen and oxygen atoms in total. The van der Waals surface area contributed by atoms with Crippen LogP contribution in [0.3, 0.4) is 0 Å². The second-order valence-corrected chi connectivity index (χ2v) is 6.64. The van der Waals surface area contributed by atoms with Gasteiger partial charge in [0.1, 0.15) is 6.04 Å². The van der Waals surface area contributed by atoms with Gasteiger partial charge in [0.2, 0.25) is 5.91 Å². The number of piperidine rings is 1. The van der Waals surface area contributed by atoms with E-state index >= 15 is 0 Å². The maximum absolute atomic E-state index is 12.6. The summed E-state index contributed by atoms with van der Waals surface area (Å²) < 4.78 is 4.86. The number of hydrogen-bond acceptors (Lipinski definition) is 4. The number of esters is 1. The minimum atomic E-state index is -0.616. The van der Waals surface area contributed by atoms with Crippen LogP contribution < -0.4 is 10.6 Å². The summed E-state index contributed by atoms with van der Waals surface area (Å²) in [5, 5.41) is 6.25. The Morgan fingerprint density at radius 1 is 1.29 bits per heavy atom. The molecular weight excluding hydrogens is 328 g/mol. The van der Waals surface area contributed by atoms with E-state index in [1.54, 1.807) is 0 Å². The fourth-order valence-electron chi connectivity index (χ4n) is 3.65. The second-order valence-electron chi connectivity index (χ2n) is 6.64. The molecule has 1 aliphatic heterocycles. The Kier molecular flexibility index (Phi) is 6.24. The summed E-state index contributed by atoms with van der Waals surface area (Å²) in [6, 6.07) is 9.07. The van der Waals surface area contributed by atoms with Crippen LogP contribution in [0.4, 0.5) is 0 Å². The molecule has 2 fully saturated rings. The number of benzene rings is 1. The molecule has 1 saturated heterocycles. The van der Waals surface area contributed by atoms with E-state index in [9.17, 15) is 9.59 Å². The lowest BCUT2D eigenvalue weighted by Gasteiger charge is -2.24. The first-order chi connectivity index (χ1) is 11.1. The van der Waals surface area contributed by atoms with Crippen molar-refractivity contribution in [1.82, 2.24) is 10.6 Å². The topological polar surface area (TPSA) is 67.4 Å². The minimum absolute atomic E-state index is 0. The summed E-state index contributed by atoms with van der Waals surface area (Å²) in [5.41, 5.74) is 1.18. The van der Waals surface area contributed by atoms with E-state index in [2.05, 4.69) is 10.6 Å². The zero-order valence-corrected chi connectivity index (χ0v) is 14.7. The fraction of sp³-hybridized carbons (Fsp3) is 0.556. The molecular formula is C18H25ClN2O3. The zero-order chi connectivity index (χ0) is 16.3. The van der Waals surface area contributed by atoms with Gasteiger partial charge in [0.15, 0.2) is 0 Å². The molecule has 132 valence electrons. The standard InChI is InChI=1S/C18H24N2O3.ClH/c1-23-17(22)15(11-13-5-3-2-4-6-13)20-16(21)14-12-18(14)7-9-19-10-8-18;/h2-6,14-15,19H,7-12H2,1H3,(H,20,21);1H. The van der Waals surface area contributed by atoms with Crippen LogP contribution >= 0.6 is 12.4 Å². The first kappa shape index (κ1) is 18.7. The summed E-state index contributed by atoms with van der Waals surface area (Å²) in [6.45, 7) is 1.96. The number of hydrogen-bond donors (Lipinski definition) is 2. The Hall–Kier alpha value is -1.59. The molecule has 1 heterocycles. The molecule has 0 radical (unpaired) electrons. The summed E-state index contributed by atoms with van der Waals surface area (Å²) in [4.78, 5) is 24.6. The van der Waals surface area contributed by atoms with E-state index in [0.717, 1.165) is 37.9 Å². The third-order valence-electron chi connectivity index (χ3n) is 5.19. The van der Waals surface area contributed by atoms with Gasteiger partial charge in [-0.05, 0) is 43.3 Å². The molecule has 0 aromatic heterocycles. The molecule has 1 aromatic rings. The van der Waals surface area contributed by atoms with Crippen molar-refractivity contribution in [3.05, 3.63) is 35.9 Å². The molecule has 2 aliphatic rings. The third kappa shape index (κ3) is 4.08. The highest BCUT2D eigenvalue weighted by Gasteiger charge is 2.57. The number of nitrogens with one attached hydrogen (secondary N) is 2. The molecule has 24 heavy (non-hydrogen) atoms. The normalized spacial score (nSPS) is 22.1. The predicted molar refractivity (Wildman–Crippen MR) is 94.0 cm³/mol. The van der Waals surface area contributed by atoms with Gasteiger partial charge in [-0.25, -0.2) is 4.79 Å². The van der Waals surface area contributed by atoms with Gasteiger partial charge in [-0.1, -0.05) is 30.3 Å². The number of carbonyl (C=O) groups excluding carboxylic acids is 2. The van der Waals surface area contributed by atoms with Crippen molar-refractivity contribution < 1.29 is 14.3 Å². The molecule has 2 unspecified atom stereocenters. The predicted octanol–water partition coefficient (Wildman–Crippen LogP) is 1.70. The van der Waals surface area contributed by atoms with Crippen LogP contribution in [0.1, 0.15) is 24.8 Å². The van der Waals surface area contributed by atoms with Crippen LogP contribution in [0.5, 0.6) is 0 Å². The van der Waals surface area contributed by atoms with Gasteiger partial charge in [0.05, 0.1) is 7.11 Å². The number of carbonyl (C=O) groups is 2. The molecule has 1 aliphatic carbocycles. The van der Waals surface area contributed by atoms with Crippen LogP contribution in [0.15, 0.2) is 30.3 Å². The van der Waals surface area contributed by atoms with Crippen LogP contribution in [0, 0.1) is 11.3 Å². The summed E-state index contributed by atoms with van der Waals surface area (Å²) in [6.07, 6.45) is 3.50.